The summed E-state index contributed by atoms with van der Waals surface area (Å²) in [4.78, 5) is 17.2. The van der Waals surface area contributed by atoms with Crippen molar-refractivity contribution in [3.05, 3.63) is 120 Å². The molecule has 0 saturated heterocycles. The van der Waals surface area contributed by atoms with Crippen LogP contribution in [0, 0.1) is 0 Å². The molecule has 0 bridgehead atoms. The number of nitrogens with zero attached hydrogens (tertiary/aromatic N) is 2. The maximum Gasteiger partial charge on any atom is 0.366 e. The van der Waals surface area contributed by atoms with Gasteiger partial charge >= 0.3 is 5.97 Å². The third kappa shape index (κ3) is 5.23. The molecule has 0 unspecified atom stereocenters. The predicted octanol–water partition coefficient (Wildman–Crippen LogP) is 6.99. The van der Waals surface area contributed by atoms with E-state index in [4.69, 9.17) is 14.0 Å². The molecule has 36 heavy (non-hydrogen) atoms. The molecule has 0 atom stereocenters. The van der Waals surface area contributed by atoms with Crippen LogP contribution in [0.5, 0.6) is 11.5 Å². The van der Waals surface area contributed by atoms with Gasteiger partial charge in [-0.1, -0.05) is 78.0 Å². The molecule has 5 rings (SSSR count). The van der Waals surface area contributed by atoms with Gasteiger partial charge in [-0.05, 0) is 47.0 Å². The lowest BCUT2D eigenvalue weighted by atomic mass is 10.1. The van der Waals surface area contributed by atoms with Crippen molar-refractivity contribution in [3.8, 4) is 33.9 Å². The van der Waals surface area contributed by atoms with E-state index in [0.29, 0.717) is 11.5 Å². The molecule has 1 aromatic heterocycles. The Bertz CT molecular complexity index is 1490. The first-order chi connectivity index (χ1) is 17.7. The smallest absolute Gasteiger partial charge is 0.366 e. The third-order valence-corrected chi connectivity index (χ3v) is 5.51. The van der Waals surface area contributed by atoms with E-state index in [2.05, 4.69) is 22.3 Å². The van der Waals surface area contributed by atoms with Crippen LogP contribution in [-0.4, -0.2) is 24.5 Å². The first kappa shape index (κ1) is 22.8. The minimum atomic E-state index is -0.640. The number of aromatic nitrogens is 1. The van der Waals surface area contributed by atoms with Gasteiger partial charge in [0.2, 0.25) is 0 Å². The molecule has 5 aromatic rings. The van der Waals surface area contributed by atoms with Crippen LogP contribution in [0.4, 0.5) is 5.69 Å². The molecular formula is C30H22N2O4. The Labute approximate surface area is 208 Å². The van der Waals surface area contributed by atoms with Crippen LogP contribution in [0.1, 0.15) is 16.1 Å². The molecule has 0 saturated carbocycles. The van der Waals surface area contributed by atoms with E-state index in [9.17, 15) is 4.79 Å². The van der Waals surface area contributed by atoms with Crippen LogP contribution >= 0.6 is 0 Å². The topological polar surface area (TPSA) is 73.9 Å². The van der Waals surface area contributed by atoms with E-state index in [1.54, 1.807) is 30.5 Å². The molecule has 6 nitrogen and oxygen atoms in total. The first-order valence-corrected chi connectivity index (χ1v) is 11.3. The average Bonchev–Trinajstić information content (AvgIpc) is 3.44. The number of benzene rings is 4. The lowest BCUT2D eigenvalue weighted by molar-refractivity contribution is 0.0719. The molecule has 0 amide bonds. The van der Waals surface area contributed by atoms with E-state index < -0.39 is 5.97 Å². The highest BCUT2D eigenvalue weighted by Gasteiger charge is 2.18. The summed E-state index contributed by atoms with van der Waals surface area (Å²) in [6.07, 6.45) is 1.73. The fourth-order valence-corrected chi connectivity index (χ4v) is 3.63. The van der Waals surface area contributed by atoms with Gasteiger partial charge in [0.1, 0.15) is 0 Å². The average molecular weight is 475 g/mol. The molecule has 0 aliphatic heterocycles. The van der Waals surface area contributed by atoms with Gasteiger partial charge in [-0.15, -0.1) is 0 Å². The molecule has 0 aliphatic rings. The second kappa shape index (κ2) is 10.5. The minimum absolute atomic E-state index is 0.0699. The Morgan fingerprint density at radius 2 is 1.44 bits per heavy atom. The number of hydrogen-bond donors (Lipinski definition) is 0. The van der Waals surface area contributed by atoms with Crippen molar-refractivity contribution >= 4 is 17.9 Å². The van der Waals surface area contributed by atoms with E-state index in [1.807, 2.05) is 72.8 Å². The molecule has 6 heteroatoms. The van der Waals surface area contributed by atoms with Crippen molar-refractivity contribution in [1.29, 1.82) is 0 Å². The van der Waals surface area contributed by atoms with Gasteiger partial charge in [-0.3, -0.25) is 4.99 Å². The number of carbonyl (C=O) groups is 1. The summed E-state index contributed by atoms with van der Waals surface area (Å²) in [6, 6.07) is 34.4. The van der Waals surface area contributed by atoms with Crippen molar-refractivity contribution < 1.29 is 18.8 Å². The number of hydrogen-bond acceptors (Lipinski definition) is 6. The van der Waals surface area contributed by atoms with Crippen molar-refractivity contribution in [2.45, 2.75) is 0 Å². The normalized spacial score (nSPS) is 10.9. The van der Waals surface area contributed by atoms with Gasteiger partial charge in [-0.25, -0.2) is 4.79 Å². The lowest BCUT2D eigenvalue weighted by Crippen LogP contribution is -2.09. The van der Waals surface area contributed by atoms with Crippen LogP contribution in [0.3, 0.4) is 0 Å². The quantitative estimate of drug-likeness (QED) is 0.144. The van der Waals surface area contributed by atoms with E-state index >= 15 is 0 Å². The van der Waals surface area contributed by atoms with Gasteiger partial charge in [0.05, 0.1) is 12.8 Å². The summed E-state index contributed by atoms with van der Waals surface area (Å²) in [5.41, 5.74) is 4.80. The summed E-state index contributed by atoms with van der Waals surface area (Å²) in [7, 11) is 1.51. The Morgan fingerprint density at radius 3 is 2.14 bits per heavy atom. The Kier molecular flexibility index (Phi) is 6.67. The molecule has 0 N–H and O–H groups in total. The molecule has 0 radical (unpaired) electrons. The fourth-order valence-electron chi connectivity index (χ4n) is 3.63. The zero-order valence-corrected chi connectivity index (χ0v) is 19.5. The first-order valence-electron chi connectivity index (χ1n) is 11.3. The van der Waals surface area contributed by atoms with Gasteiger partial charge in [0.15, 0.2) is 23.0 Å². The van der Waals surface area contributed by atoms with E-state index in [-0.39, 0.29) is 11.4 Å². The molecule has 0 fully saturated rings. The second-order valence-electron chi connectivity index (χ2n) is 7.91. The number of esters is 1. The zero-order chi connectivity index (χ0) is 24.7. The highest BCUT2D eigenvalue weighted by Crippen LogP contribution is 2.29. The van der Waals surface area contributed by atoms with Crippen molar-refractivity contribution in [2.24, 2.45) is 4.99 Å². The van der Waals surface area contributed by atoms with Crippen molar-refractivity contribution in [2.75, 3.05) is 7.11 Å². The van der Waals surface area contributed by atoms with Gasteiger partial charge in [0.25, 0.3) is 0 Å². The number of carbonyl (C=O) groups excluding carboxylic acids is 1. The van der Waals surface area contributed by atoms with Crippen LogP contribution in [0.15, 0.2) is 119 Å². The number of aliphatic imine (C=N–C) groups is 1. The van der Waals surface area contributed by atoms with E-state index in [1.165, 1.54) is 7.11 Å². The number of rotatable bonds is 7. The summed E-state index contributed by atoms with van der Waals surface area (Å²) in [5, 5.41) is 3.84. The molecule has 176 valence electrons. The summed E-state index contributed by atoms with van der Waals surface area (Å²) < 4.78 is 16.2. The Balaban J connectivity index is 1.27. The standard InChI is InChI=1S/C30H22N2O4/c1-34-29-18-21(20-31-25-15-13-23(14-16-25)22-8-4-2-5-9-22)12-17-27(29)35-30(33)26-19-28(36-32-26)24-10-6-3-7-11-24/h2-20H,1H3. The molecule has 1 heterocycles. The zero-order valence-electron chi connectivity index (χ0n) is 19.5. The maximum atomic E-state index is 12.6. The monoisotopic (exact) mass is 474 g/mol. The summed E-state index contributed by atoms with van der Waals surface area (Å²) in [6.45, 7) is 0. The molecule has 0 spiro atoms. The van der Waals surface area contributed by atoms with Crippen LogP contribution in [0.2, 0.25) is 0 Å². The number of methoxy groups -OCH3 is 1. The molecule has 4 aromatic carbocycles. The second-order valence-corrected chi connectivity index (χ2v) is 7.91. The maximum absolute atomic E-state index is 12.6. The minimum Gasteiger partial charge on any atom is -0.493 e. The summed E-state index contributed by atoms with van der Waals surface area (Å²) >= 11 is 0. The van der Waals surface area contributed by atoms with Gasteiger partial charge < -0.3 is 14.0 Å². The van der Waals surface area contributed by atoms with Crippen molar-refractivity contribution in [3.63, 3.8) is 0 Å². The highest BCUT2D eigenvalue weighted by molar-refractivity contribution is 5.91. The van der Waals surface area contributed by atoms with Gasteiger partial charge in [0, 0.05) is 17.8 Å². The molecule has 0 aliphatic carbocycles. The van der Waals surface area contributed by atoms with E-state index in [0.717, 1.165) is 27.9 Å². The molecular weight excluding hydrogens is 452 g/mol. The van der Waals surface area contributed by atoms with Crippen LogP contribution in [0.25, 0.3) is 22.5 Å². The summed E-state index contributed by atoms with van der Waals surface area (Å²) in [5.74, 6) is 0.520. The largest absolute Gasteiger partial charge is 0.493 e. The van der Waals surface area contributed by atoms with Gasteiger partial charge in [-0.2, -0.15) is 0 Å². The lowest BCUT2D eigenvalue weighted by Gasteiger charge is -2.08. The predicted molar refractivity (Wildman–Crippen MR) is 139 cm³/mol. The van der Waals surface area contributed by atoms with Crippen LogP contribution in [-0.2, 0) is 0 Å². The highest BCUT2D eigenvalue weighted by atomic mass is 16.6. The van der Waals surface area contributed by atoms with Crippen LogP contribution < -0.4 is 9.47 Å². The number of ether oxygens (including phenoxy) is 2. The third-order valence-electron chi connectivity index (χ3n) is 5.51. The SMILES string of the molecule is COc1cc(C=Nc2ccc(-c3ccccc3)cc2)ccc1OC(=O)c1cc(-c2ccccc2)on1. The Hall–Kier alpha value is -4.97. The fraction of sp³-hybridized carbons (Fsp3) is 0.0333. The Morgan fingerprint density at radius 1 is 0.778 bits per heavy atom. The van der Waals surface area contributed by atoms with Crippen molar-refractivity contribution in [1.82, 2.24) is 5.16 Å².